The minimum Gasteiger partial charge on any atom is -0.399 e. The van der Waals surface area contributed by atoms with E-state index in [1.54, 1.807) is 0 Å². The zero-order valence-electron chi connectivity index (χ0n) is 8.37. The molecule has 0 amide bonds. The smallest absolute Gasteiger partial charge is 0.0314 e. The van der Waals surface area contributed by atoms with Crippen LogP contribution in [-0.2, 0) is 6.54 Å². The molecule has 1 aliphatic carbocycles. The molecule has 74 valence electrons. The van der Waals surface area contributed by atoms with Gasteiger partial charge in [0.15, 0.2) is 0 Å². The van der Waals surface area contributed by atoms with Gasteiger partial charge >= 0.3 is 0 Å². The lowest BCUT2D eigenvalue weighted by Gasteiger charge is -2.40. The maximum atomic E-state index is 5.64. The van der Waals surface area contributed by atoms with Gasteiger partial charge in [0.1, 0.15) is 0 Å². The first-order chi connectivity index (χ1) is 6.76. The van der Waals surface area contributed by atoms with Crippen molar-refractivity contribution < 1.29 is 0 Å². The molecule has 2 N–H and O–H groups in total. The molecule has 2 aliphatic rings. The Morgan fingerprint density at radius 1 is 1.14 bits per heavy atom. The van der Waals surface area contributed by atoms with E-state index in [0.29, 0.717) is 0 Å². The molecule has 1 aromatic rings. The first-order valence-corrected chi connectivity index (χ1v) is 5.33. The third-order valence-electron chi connectivity index (χ3n) is 3.46. The molecule has 14 heavy (non-hydrogen) atoms. The molecule has 0 atom stereocenters. The van der Waals surface area contributed by atoms with E-state index < -0.39 is 0 Å². The van der Waals surface area contributed by atoms with Crippen LogP contribution >= 0.6 is 0 Å². The average Bonchev–Trinajstić information content (AvgIpc) is 2.88. The molecule has 0 bridgehead atoms. The number of hydrogen-bond acceptors (Lipinski definition) is 2. The second-order valence-electron chi connectivity index (χ2n) is 4.89. The molecule has 0 radical (unpaired) electrons. The van der Waals surface area contributed by atoms with Crippen molar-refractivity contribution in [2.45, 2.75) is 19.4 Å². The number of anilines is 1. The van der Waals surface area contributed by atoms with Crippen molar-refractivity contribution in [3.05, 3.63) is 29.8 Å². The normalized spacial score (nSPS) is 23.4. The summed E-state index contributed by atoms with van der Waals surface area (Å²) in [6, 6.07) is 8.24. The van der Waals surface area contributed by atoms with Crippen molar-refractivity contribution >= 4 is 5.69 Å². The molecule has 3 rings (SSSR count). The summed E-state index contributed by atoms with van der Waals surface area (Å²) in [4.78, 5) is 2.53. The second kappa shape index (κ2) is 2.74. The van der Waals surface area contributed by atoms with Crippen molar-refractivity contribution in [1.82, 2.24) is 4.90 Å². The topological polar surface area (TPSA) is 29.3 Å². The summed E-state index contributed by atoms with van der Waals surface area (Å²) in [5, 5.41) is 0. The number of nitrogens with two attached hydrogens (primary N) is 1. The predicted molar refractivity (Wildman–Crippen MR) is 57.8 cm³/mol. The number of benzene rings is 1. The fraction of sp³-hybridized carbons (Fsp3) is 0.500. The number of nitrogen functional groups attached to an aromatic ring is 1. The minimum absolute atomic E-state index is 0.772. The van der Waals surface area contributed by atoms with Crippen molar-refractivity contribution in [3.63, 3.8) is 0 Å². The summed E-state index contributed by atoms with van der Waals surface area (Å²) in [5.74, 6) is 0. The molecule has 1 saturated heterocycles. The summed E-state index contributed by atoms with van der Waals surface area (Å²) >= 11 is 0. The van der Waals surface area contributed by atoms with Gasteiger partial charge < -0.3 is 5.73 Å². The first kappa shape index (κ1) is 8.30. The molecular formula is C12H16N2. The minimum atomic E-state index is 0.772. The van der Waals surface area contributed by atoms with Crippen LogP contribution in [0.4, 0.5) is 5.69 Å². The van der Waals surface area contributed by atoms with Crippen molar-refractivity contribution in [1.29, 1.82) is 0 Å². The van der Waals surface area contributed by atoms with Crippen LogP contribution in [-0.4, -0.2) is 18.0 Å². The molecule has 2 nitrogen and oxygen atoms in total. The lowest BCUT2D eigenvalue weighted by molar-refractivity contribution is 0.0739. The van der Waals surface area contributed by atoms with E-state index in [2.05, 4.69) is 17.0 Å². The lowest BCUT2D eigenvalue weighted by Crippen LogP contribution is -2.47. The van der Waals surface area contributed by atoms with E-state index in [0.717, 1.165) is 17.6 Å². The van der Waals surface area contributed by atoms with Crippen LogP contribution in [0.5, 0.6) is 0 Å². The van der Waals surface area contributed by atoms with Gasteiger partial charge in [0.2, 0.25) is 0 Å². The van der Waals surface area contributed by atoms with E-state index in [1.165, 1.54) is 31.5 Å². The number of nitrogens with zero attached hydrogens (tertiary/aromatic N) is 1. The molecule has 0 aromatic heterocycles. The van der Waals surface area contributed by atoms with Gasteiger partial charge in [-0.2, -0.15) is 0 Å². The predicted octanol–water partition coefficient (Wildman–Crippen LogP) is 1.86. The van der Waals surface area contributed by atoms with Gasteiger partial charge in [-0.05, 0) is 36.0 Å². The van der Waals surface area contributed by atoms with Gasteiger partial charge in [-0.25, -0.2) is 0 Å². The standard InChI is InChI=1S/C12H16N2/c13-11-3-1-10(2-4-11)7-14-8-12(9-14)5-6-12/h1-4H,5-9,13H2. The highest BCUT2D eigenvalue weighted by atomic mass is 15.2. The third kappa shape index (κ3) is 1.40. The Morgan fingerprint density at radius 2 is 1.79 bits per heavy atom. The van der Waals surface area contributed by atoms with E-state index >= 15 is 0 Å². The second-order valence-corrected chi connectivity index (χ2v) is 4.89. The summed E-state index contributed by atoms with van der Waals surface area (Å²) in [6.45, 7) is 3.73. The molecule has 1 spiro atoms. The van der Waals surface area contributed by atoms with Crippen molar-refractivity contribution in [3.8, 4) is 0 Å². The molecule has 1 saturated carbocycles. The van der Waals surface area contributed by atoms with Crippen molar-refractivity contribution in [2.24, 2.45) is 5.41 Å². The van der Waals surface area contributed by atoms with Gasteiger partial charge in [-0.3, -0.25) is 4.90 Å². The fourth-order valence-electron chi connectivity index (χ4n) is 2.39. The van der Waals surface area contributed by atoms with Gasteiger partial charge in [-0.1, -0.05) is 12.1 Å². The van der Waals surface area contributed by atoms with E-state index in [-0.39, 0.29) is 0 Å². The highest BCUT2D eigenvalue weighted by Crippen LogP contribution is 2.53. The maximum absolute atomic E-state index is 5.64. The Hall–Kier alpha value is -1.02. The first-order valence-electron chi connectivity index (χ1n) is 5.33. The van der Waals surface area contributed by atoms with Crippen LogP contribution < -0.4 is 5.73 Å². The van der Waals surface area contributed by atoms with Crippen molar-refractivity contribution in [2.75, 3.05) is 18.8 Å². The molecular weight excluding hydrogens is 172 g/mol. The number of hydrogen-bond donors (Lipinski definition) is 1. The third-order valence-corrected chi connectivity index (χ3v) is 3.46. The molecule has 1 aromatic carbocycles. The van der Waals surface area contributed by atoms with Crippen LogP contribution in [0.15, 0.2) is 24.3 Å². The summed E-state index contributed by atoms with van der Waals surface area (Å²) in [6.07, 6.45) is 2.93. The largest absolute Gasteiger partial charge is 0.399 e. The molecule has 2 heteroatoms. The highest BCUT2D eigenvalue weighted by Gasteiger charge is 2.51. The van der Waals surface area contributed by atoms with Gasteiger partial charge in [0.25, 0.3) is 0 Å². The van der Waals surface area contributed by atoms with Gasteiger partial charge in [0.05, 0.1) is 0 Å². The van der Waals surface area contributed by atoms with E-state index in [4.69, 9.17) is 5.73 Å². The lowest BCUT2D eigenvalue weighted by atomic mass is 9.96. The fourth-order valence-corrected chi connectivity index (χ4v) is 2.39. The van der Waals surface area contributed by atoms with Gasteiger partial charge in [0, 0.05) is 25.3 Å². The Morgan fingerprint density at radius 3 is 2.36 bits per heavy atom. The van der Waals surface area contributed by atoms with Crippen LogP contribution in [0.1, 0.15) is 18.4 Å². The summed E-state index contributed by atoms with van der Waals surface area (Å²) in [5.41, 5.74) is 8.66. The SMILES string of the molecule is Nc1ccc(CN2CC3(CC3)C2)cc1. The Kier molecular flexibility index (Phi) is 1.62. The zero-order chi connectivity index (χ0) is 9.60. The van der Waals surface area contributed by atoms with Crippen LogP contribution in [0.3, 0.4) is 0 Å². The Labute approximate surface area is 84.7 Å². The molecule has 2 fully saturated rings. The molecule has 1 heterocycles. The Bertz CT molecular complexity index is 330. The average molecular weight is 188 g/mol. The molecule has 0 unspecified atom stereocenters. The van der Waals surface area contributed by atoms with Crippen LogP contribution in [0.25, 0.3) is 0 Å². The Balaban J connectivity index is 1.59. The number of rotatable bonds is 2. The monoisotopic (exact) mass is 188 g/mol. The highest BCUT2D eigenvalue weighted by molar-refractivity contribution is 5.39. The molecule has 1 aliphatic heterocycles. The summed E-state index contributed by atoms with van der Waals surface area (Å²) < 4.78 is 0. The summed E-state index contributed by atoms with van der Waals surface area (Å²) in [7, 11) is 0. The van der Waals surface area contributed by atoms with Crippen LogP contribution in [0, 0.1) is 5.41 Å². The van der Waals surface area contributed by atoms with E-state index in [9.17, 15) is 0 Å². The van der Waals surface area contributed by atoms with Gasteiger partial charge in [-0.15, -0.1) is 0 Å². The van der Waals surface area contributed by atoms with E-state index in [1.807, 2.05) is 12.1 Å². The van der Waals surface area contributed by atoms with Crippen LogP contribution in [0.2, 0.25) is 0 Å². The maximum Gasteiger partial charge on any atom is 0.0314 e. The zero-order valence-corrected chi connectivity index (χ0v) is 8.37. The number of likely N-dealkylation sites (tertiary alicyclic amines) is 1. The quantitative estimate of drug-likeness (QED) is 0.718.